The van der Waals surface area contributed by atoms with Crippen molar-refractivity contribution in [1.82, 2.24) is 24.1 Å². The lowest BCUT2D eigenvalue weighted by Gasteiger charge is -2.27. The Balaban J connectivity index is 1.30. The summed E-state index contributed by atoms with van der Waals surface area (Å²) in [7, 11) is 0. The van der Waals surface area contributed by atoms with Crippen LogP contribution in [-0.4, -0.2) is 24.1 Å². The molecule has 0 unspecified atom stereocenters. The summed E-state index contributed by atoms with van der Waals surface area (Å²) in [5.41, 5.74) is 11.2. The fourth-order valence-corrected chi connectivity index (χ4v) is 11.0. The summed E-state index contributed by atoms with van der Waals surface area (Å²) in [5.74, 6) is 0. The van der Waals surface area contributed by atoms with Crippen LogP contribution in [0.4, 0.5) is 0 Å². The minimum atomic E-state index is 0.499. The van der Waals surface area contributed by atoms with E-state index in [1.165, 1.54) is 5.39 Å². The maximum absolute atomic E-state index is 12.3. The molecule has 5 aromatic heterocycles. The van der Waals surface area contributed by atoms with Crippen molar-refractivity contribution in [1.29, 1.82) is 5.26 Å². The van der Waals surface area contributed by atoms with E-state index in [1.54, 1.807) is 0 Å². The highest BCUT2D eigenvalue weighted by molar-refractivity contribution is 6.35. The first kappa shape index (κ1) is 34.8. The summed E-state index contributed by atoms with van der Waals surface area (Å²) in [5, 5.41) is 25.6. The van der Waals surface area contributed by atoms with Crippen LogP contribution in [0, 0.1) is 11.3 Å². The lowest BCUT2D eigenvalue weighted by atomic mass is 9.82. The van der Waals surface area contributed by atoms with E-state index in [0.717, 1.165) is 126 Å². The Morgan fingerprint density at radius 2 is 0.797 bits per heavy atom. The van der Waals surface area contributed by atoms with Crippen molar-refractivity contribution < 1.29 is 0 Å². The second-order valence-corrected chi connectivity index (χ2v) is 16.6. The molecule has 64 heavy (non-hydrogen) atoms. The number of nitriles is 1. The highest BCUT2D eigenvalue weighted by atomic mass is 15.1. The van der Waals surface area contributed by atoms with Crippen LogP contribution in [0.15, 0.2) is 195 Å². The second kappa shape index (κ2) is 13.0. The summed E-state index contributed by atoms with van der Waals surface area (Å²) >= 11 is 0. The van der Waals surface area contributed by atoms with Crippen molar-refractivity contribution in [2.75, 3.05) is 0 Å². The normalized spacial score (nSPS) is 12.0. The van der Waals surface area contributed by atoms with Gasteiger partial charge in [0.2, 0.25) is 0 Å². The van der Waals surface area contributed by atoms with E-state index in [2.05, 4.69) is 179 Å². The zero-order valence-electron chi connectivity index (χ0n) is 34.2. The topological polar surface area (TPSA) is 72.3 Å². The molecular formula is C58H32N6. The Morgan fingerprint density at radius 3 is 1.33 bits per heavy atom. The number of nitrogens with zero attached hydrogens (tertiary/aromatic N) is 6. The van der Waals surface area contributed by atoms with Gasteiger partial charge in [0, 0.05) is 62.2 Å². The number of hydrogen-bond acceptors (Lipinski definition) is 4. The Bertz CT molecular complexity index is 3820. The Kier molecular flexibility index (Phi) is 7.08. The van der Waals surface area contributed by atoms with E-state index in [4.69, 9.17) is 15.0 Å². The van der Waals surface area contributed by atoms with Gasteiger partial charge in [-0.15, -0.1) is 0 Å². The largest absolute Gasteiger partial charge is 0.306 e. The molecule has 0 radical (unpaired) electrons. The van der Waals surface area contributed by atoms with Gasteiger partial charge in [0.05, 0.1) is 28.6 Å². The van der Waals surface area contributed by atoms with Crippen molar-refractivity contribution >= 4 is 87.0 Å². The number of aromatic nitrogens is 5. The predicted octanol–water partition coefficient (Wildman–Crippen LogP) is 14.4. The zero-order valence-corrected chi connectivity index (χ0v) is 34.2. The molecule has 0 saturated carbocycles. The average molecular weight is 813 g/mol. The molecule has 14 aromatic rings. The standard InChI is InChI=1S/C58H32N6/c59-31-44-55(63-46-26-14-25-41-39-23-12-13-24-40(39)45-32-60-33-47(63)52(45)51(41)46)49(35-17-6-2-7-18-35)48(34-15-4-1-5-16-34)50(36-19-8-3-9-20-36)56(44)64-57-53-42(27-29-61-57)37-21-10-11-22-38(37)43-28-30-62-58(64)54(43)53/h1-30,32-33H. The molecule has 0 atom stereocenters. The van der Waals surface area contributed by atoms with Gasteiger partial charge >= 0.3 is 0 Å². The summed E-state index contributed by atoms with van der Waals surface area (Å²) in [6.45, 7) is 0. The summed E-state index contributed by atoms with van der Waals surface area (Å²) < 4.78 is 4.51. The van der Waals surface area contributed by atoms with E-state index in [9.17, 15) is 5.26 Å². The van der Waals surface area contributed by atoms with Crippen LogP contribution in [0.3, 0.4) is 0 Å². The van der Waals surface area contributed by atoms with Crippen LogP contribution < -0.4 is 0 Å². The van der Waals surface area contributed by atoms with E-state index >= 15 is 0 Å². The Hall–Kier alpha value is -8.92. The third-order valence-corrected chi connectivity index (χ3v) is 13.4. The van der Waals surface area contributed by atoms with Gasteiger partial charge in [-0.25, -0.2) is 9.97 Å². The molecule has 0 aliphatic rings. The second-order valence-electron chi connectivity index (χ2n) is 16.6. The number of pyridine rings is 3. The molecule has 0 bridgehead atoms. The number of hydrogen-bond donors (Lipinski definition) is 0. The lowest BCUT2D eigenvalue weighted by Crippen LogP contribution is -2.11. The molecule has 6 heteroatoms. The molecule has 0 fully saturated rings. The van der Waals surface area contributed by atoms with Crippen LogP contribution >= 0.6 is 0 Å². The lowest BCUT2D eigenvalue weighted by molar-refractivity contribution is 1.08. The zero-order chi connectivity index (χ0) is 42.0. The third kappa shape index (κ3) is 4.49. The Morgan fingerprint density at radius 1 is 0.359 bits per heavy atom. The monoisotopic (exact) mass is 812 g/mol. The SMILES string of the molecule is N#Cc1c(-n2c3cccc4c5ccccc5c5cncc2c5c43)c(-c2ccccc2)c(-c2ccccc2)c(-c2ccccc2)c1-n1c2nccc3c4ccccc4c4ccnc1c4c32. The van der Waals surface area contributed by atoms with Gasteiger partial charge < -0.3 is 4.57 Å². The molecule has 5 heterocycles. The molecule has 0 amide bonds. The molecule has 0 spiro atoms. The molecule has 14 rings (SSSR count). The summed E-state index contributed by atoms with van der Waals surface area (Å²) in [6.07, 6.45) is 7.76. The van der Waals surface area contributed by atoms with E-state index in [0.29, 0.717) is 5.56 Å². The fourth-order valence-electron chi connectivity index (χ4n) is 11.0. The van der Waals surface area contributed by atoms with Crippen LogP contribution in [0.5, 0.6) is 0 Å². The van der Waals surface area contributed by atoms with Gasteiger partial charge in [-0.3, -0.25) is 9.55 Å². The van der Waals surface area contributed by atoms with Gasteiger partial charge in [-0.2, -0.15) is 5.26 Å². The van der Waals surface area contributed by atoms with Gasteiger partial charge in [0.15, 0.2) is 0 Å². The molecule has 6 nitrogen and oxygen atoms in total. The number of fused-ring (bicyclic) bond motifs is 6. The van der Waals surface area contributed by atoms with Crippen molar-refractivity contribution in [3.8, 4) is 50.8 Å². The van der Waals surface area contributed by atoms with Gasteiger partial charge in [0.1, 0.15) is 22.9 Å². The van der Waals surface area contributed by atoms with E-state index < -0.39 is 0 Å². The van der Waals surface area contributed by atoms with Gasteiger partial charge in [-0.1, -0.05) is 152 Å². The summed E-state index contributed by atoms with van der Waals surface area (Å²) in [6, 6.07) is 62.6. The molecule has 294 valence electrons. The van der Waals surface area contributed by atoms with Crippen LogP contribution in [0.2, 0.25) is 0 Å². The summed E-state index contributed by atoms with van der Waals surface area (Å²) in [4.78, 5) is 15.4. The van der Waals surface area contributed by atoms with Gasteiger partial charge in [-0.05, 0) is 72.6 Å². The smallest absolute Gasteiger partial charge is 0.147 e. The van der Waals surface area contributed by atoms with Crippen molar-refractivity contribution in [2.45, 2.75) is 0 Å². The number of rotatable bonds is 5. The first-order valence-electron chi connectivity index (χ1n) is 21.5. The first-order chi connectivity index (χ1) is 31.8. The van der Waals surface area contributed by atoms with Crippen molar-refractivity contribution in [3.63, 3.8) is 0 Å². The quantitative estimate of drug-likeness (QED) is 0.162. The average Bonchev–Trinajstić information content (AvgIpc) is 3.89. The van der Waals surface area contributed by atoms with Crippen molar-refractivity contribution in [3.05, 3.63) is 200 Å². The molecule has 0 N–H and O–H groups in total. The maximum atomic E-state index is 12.3. The van der Waals surface area contributed by atoms with Crippen LogP contribution in [0.25, 0.3) is 132 Å². The highest BCUT2D eigenvalue weighted by Gasteiger charge is 2.34. The number of benzene rings is 9. The first-order valence-corrected chi connectivity index (χ1v) is 21.5. The molecule has 0 saturated heterocycles. The molecule has 0 aliphatic heterocycles. The third-order valence-electron chi connectivity index (χ3n) is 13.4. The van der Waals surface area contributed by atoms with E-state index in [1.807, 2.05) is 30.9 Å². The fraction of sp³-hybridized carbons (Fsp3) is 0. The Labute approximate surface area is 365 Å². The molecule has 0 aliphatic carbocycles. The minimum Gasteiger partial charge on any atom is -0.306 e. The molecule has 9 aromatic carbocycles. The maximum Gasteiger partial charge on any atom is 0.147 e. The van der Waals surface area contributed by atoms with Crippen LogP contribution in [-0.2, 0) is 0 Å². The van der Waals surface area contributed by atoms with Gasteiger partial charge in [0.25, 0.3) is 0 Å². The minimum absolute atomic E-state index is 0.499. The predicted molar refractivity (Wildman–Crippen MR) is 262 cm³/mol. The van der Waals surface area contributed by atoms with Crippen molar-refractivity contribution in [2.24, 2.45) is 0 Å². The van der Waals surface area contributed by atoms with E-state index in [-0.39, 0.29) is 0 Å². The highest BCUT2D eigenvalue weighted by Crippen LogP contribution is 2.53. The molecular weight excluding hydrogens is 781 g/mol. The van der Waals surface area contributed by atoms with Crippen LogP contribution in [0.1, 0.15) is 5.56 Å².